The monoisotopic (exact) mass is 442 g/mol. The third-order valence-electron chi connectivity index (χ3n) is 5.74. The molecular formula is C24H25F3N4O. The zero-order valence-corrected chi connectivity index (χ0v) is 17.7. The molecular weight excluding hydrogens is 417 g/mol. The number of amides is 1. The van der Waals surface area contributed by atoms with Crippen molar-refractivity contribution < 1.29 is 18.0 Å². The maximum Gasteiger partial charge on any atom is 0.471 e. The van der Waals surface area contributed by atoms with E-state index in [1.807, 2.05) is 47.5 Å². The second-order valence-corrected chi connectivity index (χ2v) is 7.97. The molecule has 8 heteroatoms. The van der Waals surface area contributed by atoms with Gasteiger partial charge in [-0.1, -0.05) is 12.1 Å². The van der Waals surface area contributed by atoms with Gasteiger partial charge in [-0.05, 0) is 60.7 Å². The van der Waals surface area contributed by atoms with Crippen molar-refractivity contribution in [1.29, 1.82) is 0 Å². The molecule has 1 amide bonds. The summed E-state index contributed by atoms with van der Waals surface area (Å²) in [4.78, 5) is 23.4. The second kappa shape index (κ2) is 9.54. The molecule has 0 atom stereocenters. The molecule has 0 radical (unpaired) electrons. The Balaban J connectivity index is 1.46. The quantitative estimate of drug-likeness (QED) is 0.710. The lowest BCUT2D eigenvalue weighted by Crippen LogP contribution is -2.43. The zero-order chi connectivity index (χ0) is 22.6. The Morgan fingerprint density at radius 3 is 2.53 bits per heavy atom. The molecule has 1 aromatic heterocycles. The number of aliphatic imine (C=N–C) groups is 1. The summed E-state index contributed by atoms with van der Waals surface area (Å²) >= 11 is 0. The number of alkyl halides is 3. The van der Waals surface area contributed by atoms with Crippen molar-refractivity contribution in [2.24, 2.45) is 4.99 Å². The van der Waals surface area contributed by atoms with Crippen LogP contribution in [0.2, 0.25) is 0 Å². The molecule has 1 saturated heterocycles. The Labute approximate surface area is 185 Å². The Morgan fingerprint density at radius 1 is 1.00 bits per heavy atom. The predicted octanol–water partition coefficient (Wildman–Crippen LogP) is 4.35. The molecule has 32 heavy (non-hydrogen) atoms. The highest BCUT2D eigenvalue weighted by Crippen LogP contribution is 2.25. The van der Waals surface area contributed by atoms with Gasteiger partial charge in [0.25, 0.3) is 0 Å². The van der Waals surface area contributed by atoms with Crippen LogP contribution in [0.3, 0.4) is 0 Å². The first-order valence-electron chi connectivity index (χ1n) is 10.8. The van der Waals surface area contributed by atoms with E-state index in [0.717, 1.165) is 46.8 Å². The lowest BCUT2D eigenvalue weighted by Gasteiger charge is -2.24. The summed E-state index contributed by atoms with van der Waals surface area (Å²) in [5, 5.41) is 0. The van der Waals surface area contributed by atoms with E-state index in [1.54, 1.807) is 6.20 Å². The molecule has 0 bridgehead atoms. The topological polar surface area (TPSA) is 48.8 Å². The first kappa shape index (κ1) is 22.0. The number of rotatable bonds is 3. The van der Waals surface area contributed by atoms with Crippen molar-refractivity contribution in [3.05, 3.63) is 65.5 Å². The molecule has 0 unspecified atom stereocenters. The van der Waals surface area contributed by atoms with E-state index >= 15 is 0 Å². The number of anilines is 1. The summed E-state index contributed by atoms with van der Waals surface area (Å²) in [7, 11) is 0. The fraction of sp³-hybridized carbons (Fsp3) is 0.375. The van der Waals surface area contributed by atoms with E-state index < -0.39 is 12.1 Å². The first-order valence-corrected chi connectivity index (χ1v) is 10.8. The van der Waals surface area contributed by atoms with E-state index in [4.69, 9.17) is 4.99 Å². The van der Waals surface area contributed by atoms with Crippen LogP contribution >= 0.6 is 0 Å². The fourth-order valence-electron chi connectivity index (χ4n) is 4.14. The number of carbonyl (C=O) groups excluding carboxylic acids is 1. The first-order chi connectivity index (χ1) is 15.4. The standard InChI is InChI=1S/C24H25F3N4O/c25-24(26,27)23(32)31-13-3-12-30(14-15-31)21-8-6-18(7-9-21)16-19-4-2-11-29-22(19)20-5-1-10-28-17-20/h1,5-10,16-17H,2-4,11-15H2/b19-16+. The maximum atomic E-state index is 12.7. The minimum Gasteiger partial charge on any atom is -0.370 e. The van der Waals surface area contributed by atoms with E-state index in [-0.39, 0.29) is 13.1 Å². The van der Waals surface area contributed by atoms with E-state index in [2.05, 4.69) is 11.1 Å². The summed E-state index contributed by atoms with van der Waals surface area (Å²) in [6.07, 6.45) is 3.35. The third-order valence-corrected chi connectivity index (χ3v) is 5.74. The molecule has 4 rings (SSSR count). The van der Waals surface area contributed by atoms with Gasteiger partial charge in [-0.15, -0.1) is 0 Å². The van der Waals surface area contributed by atoms with Crippen LogP contribution in [0.5, 0.6) is 0 Å². The number of pyridine rings is 1. The maximum absolute atomic E-state index is 12.7. The van der Waals surface area contributed by atoms with Gasteiger partial charge in [0.2, 0.25) is 0 Å². The van der Waals surface area contributed by atoms with Gasteiger partial charge in [0.15, 0.2) is 0 Å². The molecule has 2 aliphatic heterocycles. The van der Waals surface area contributed by atoms with Crippen LogP contribution in [0.25, 0.3) is 6.08 Å². The van der Waals surface area contributed by atoms with Gasteiger partial charge in [-0.25, -0.2) is 0 Å². The van der Waals surface area contributed by atoms with Gasteiger partial charge < -0.3 is 9.80 Å². The summed E-state index contributed by atoms with van der Waals surface area (Å²) in [5.41, 5.74) is 5.16. The lowest BCUT2D eigenvalue weighted by atomic mass is 9.95. The van der Waals surface area contributed by atoms with E-state index in [9.17, 15) is 18.0 Å². The van der Waals surface area contributed by atoms with Crippen molar-refractivity contribution in [3.63, 3.8) is 0 Å². The van der Waals surface area contributed by atoms with Crippen LogP contribution in [0.1, 0.15) is 30.4 Å². The fourth-order valence-corrected chi connectivity index (χ4v) is 4.14. The lowest BCUT2D eigenvalue weighted by molar-refractivity contribution is -0.185. The van der Waals surface area contributed by atoms with Gasteiger partial charge in [0, 0.05) is 56.4 Å². The molecule has 0 saturated carbocycles. The normalized spacial score (nSPS) is 19.0. The number of carbonyl (C=O) groups is 1. The SMILES string of the molecule is O=C(N1CCCN(c2ccc(/C=C3\CCCN=C3c3cccnc3)cc2)CC1)C(F)(F)F. The van der Waals surface area contributed by atoms with Crippen molar-refractivity contribution >= 4 is 23.4 Å². The number of hydrogen-bond acceptors (Lipinski definition) is 4. The van der Waals surface area contributed by atoms with Crippen LogP contribution in [0.4, 0.5) is 18.9 Å². The van der Waals surface area contributed by atoms with E-state index in [0.29, 0.717) is 19.5 Å². The molecule has 0 spiro atoms. The number of nitrogens with zero attached hydrogens (tertiary/aromatic N) is 4. The molecule has 1 aromatic carbocycles. The molecule has 1 fully saturated rings. The predicted molar refractivity (Wildman–Crippen MR) is 119 cm³/mol. The van der Waals surface area contributed by atoms with Crippen LogP contribution < -0.4 is 4.90 Å². The van der Waals surface area contributed by atoms with Gasteiger partial charge in [-0.3, -0.25) is 14.8 Å². The highest BCUT2D eigenvalue weighted by Gasteiger charge is 2.42. The van der Waals surface area contributed by atoms with Crippen LogP contribution in [-0.2, 0) is 4.79 Å². The van der Waals surface area contributed by atoms with Crippen molar-refractivity contribution in [2.75, 3.05) is 37.6 Å². The number of hydrogen-bond donors (Lipinski definition) is 0. The highest BCUT2D eigenvalue weighted by molar-refractivity contribution is 6.15. The van der Waals surface area contributed by atoms with Crippen LogP contribution in [0.15, 0.2) is 59.4 Å². The summed E-state index contributed by atoms with van der Waals surface area (Å²) in [5.74, 6) is -1.75. The van der Waals surface area contributed by atoms with Gasteiger partial charge in [0.05, 0.1) is 5.71 Å². The summed E-state index contributed by atoms with van der Waals surface area (Å²) in [6.45, 7) is 1.98. The van der Waals surface area contributed by atoms with Crippen molar-refractivity contribution in [3.8, 4) is 0 Å². The molecule has 2 aromatic rings. The average Bonchev–Trinajstić information content (AvgIpc) is 3.06. The third kappa shape index (κ3) is 5.18. The molecule has 168 valence electrons. The van der Waals surface area contributed by atoms with Gasteiger partial charge >= 0.3 is 12.1 Å². The smallest absolute Gasteiger partial charge is 0.370 e. The number of allylic oxidation sites excluding steroid dienone is 1. The Bertz CT molecular complexity index is 1000. The number of benzene rings is 1. The summed E-state index contributed by atoms with van der Waals surface area (Å²) < 4.78 is 38.2. The Kier molecular flexibility index (Phi) is 6.58. The highest BCUT2D eigenvalue weighted by atomic mass is 19.4. The molecule has 3 heterocycles. The summed E-state index contributed by atoms with van der Waals surface area (Å²) in [6, 6.07) is 11.9. The van der Waals surface area contributed by atoms with Crippen LogP contribution in [0, 0.1) is 0 Å². The second-order valence-electron chi connectivity index (χ2n) is 7.97. The van der Waals surface area contributed by atoms with Gasteiger partial charge in [-0.2, -0.15) is 13.2 Å². The molecule has 0 N–H and O–H groups in total. The van der Waals surface area contributed by atoms with Gasteiger partial charge in [0.1, 0.15) is 0 Å². The van der Waals surface area contributed by atoms with Crippen LogP contribution in [-0.4, -0.2) is 60.4 Å². The van der Waals surface area contributed by atoms with E-state index in [1.165, 1.54) is 5.57 Å². The zero-order valence-electron chi connectivity index (χ0n) is 17.7. The largest absolute Gasteiger partial charge is 0.471 e. The number of halogens is 3. The van der Waals surface area contributed by atoms with Crippen molar-refractivity contribution in [2.45, 2.75) is 25.4 Å². The minimum absolute atomic E-state index is 0.0646. The molecule has 2 aliphatic rings. The molecule has 0 aliphatic carbocycles. The average molecular weight is 442 g/mol. The minimum atomic E-state index is -4.82. The Morgan fingerprint density at radius 2 is 1.81 bits per heavy atom. The number of aromatic nitrogens is 1. The molecule has 5 nitrogen and oxygen atoms in total. The van der Waals surface area contributed by atoms with Crippen molar-refractivity contribution in [1.82, 2.24) is 9.88 Å². The Hall–Kier alpha value is -3.16.